The fraction of sp³-hybridized carbons (Fsp3) is 0.414. The van der Waals surface area contributed by atoms with Crippen molar-refractivity contribution < 1.29 is 19.3 Å². The maximum absolute atomic E-state index is 11.1. The van der Waals surface area contributed by atoms with Gasteiger partial charge in [-0.3, -0.25) is 0 Å². The number of hydrogen-bond acceptors (Lipinski definition) is 5. The van der Waals surface area contributed by atoms with Crippen molar-refractivity contribution in [3.63, 3.8) is 0 Å². The Morgan fingerprint density at radius 3 is 2.74 bits per heavy atom. The predicted octanol–water partition coefficient (Wildman–Crippen LogP) is 5.01. The number of benzene rings is 2. The van der Waals surface area contributed by atoms with Crippen LogP contribution in [0.15, 0.2) is 54.0 Å². The second kappa shape index (κ2) is 10.5. The molecule has 2 aliphatic heterocycles. The molecule has 0 amide bonds. The van der Waals surface area contributed by atoms with Crippen LogP contribution in [0.3, 0.4) is 0 Å². The van der Waals surface area contributed by atoms with Gasteiger partial charge in [-0.25, -0.2) is 0 Å². The van der Waals surface area contributed by atoms with Crippen molar-refractivity contribution in [2.75, 3.05) is 40.0 Å². The van der Waals surface area contributed by atoms with Crippen LogP contribution in [-0.2, 0) is 11.2 Å². The van der Waals surface area contributed by atoms with Gasteiger partial charge in [0.2, 0.25) is 0 Å². The molecule has 0 radical (unpaired) electrons. The van der Waals surface area contributed by atoms with E-state index in [1.165, 1.54) is 5.56 Å². The second-order valence-electron chi connectivity index (χ2n) is 9.31. The van der Waals surface area contributed by atoms with E-state index < -0.39 is 6.10 Å². The van der Waals surface area contributed by atoms with Crippen LogP contribution >= 0.6 is 0 Å². The van der Waals surface area contributed by atoms with E-state index in [9.17, 15) is 5.11 Å². The largest absolute Gasteiger partial charge is 0.489 e. The van der Waals surface area contributed by atoms with Gasteiger partial charge in [-0.05, 0) is 97.3 Å². The maximum Gasteiger partial charge on any atom is 0.161 e. The molecular weight excluding hydrogens is 426 g/mol. The number of hydrogen-bond donors (Lipinski definition) is 1. The number of nitrogens with zero attached hydrogens (tertiary/aromatic N) is 1. The lowest BCUT2D eigenvalue weighted by molar-refractivity contribution is 0.108. The number of allylic oxidation sites excluding steroid dienone is 1. The van der Waals surface area contributed by atoms with Crippen LogP contribution in [-0.4, -0.2) is 50.0 Å². The molecule has 0 spiro atoms. The summed E-state index contributed by atoms with van der Waals surface area (Å²) in [4.78, 5) is 2.54. The van der Waals surface area contributed by atoms with Crippen molar-refractivity contribution in [1.82, 2.24) is 4.90 Å². The van der Waals surface area contributed by atoms with Gasteiger partial charge in [0.1, 0.15) is 13.2 Å². The first-order valence-corrected chi connectivity index (χ1v) is 12.3. The Balaban J connectivity index is 1.14. The Hall–Kier alpha value is -2.98. The van der Waals surface area contributed by atoms with Gasteiger partial charge in [0.05, 0.1) is 13.2 Å². The summed E-state index contributed by atoms with van der Waals surface area (Å²) in [6, 6.07) is 12.4. The second-order valence-corrected chi connectivity index (χ2v) is 9.31. The molecule has 1 fully saturated rings. The SMILES string of the molecule is COC1=C=Cc2c(cccc2C(O)CC2CCN(CCc3ccc4c(c3)OCCO4)CC2)C=C1. The predicted molar refractivity (Wildman–Crippen MR) is 134 cm³/mol. The lowest BCUT2D eigenvalue weighted by atomic mass is 9.86. The van der Waals surface area contributed by atoms with Crippen molar-refractivity contribution in [3.8, 4) is 11.5 Å². The standard InChI is InChI=1S/C29H33NO4/c1-32-24-7-6-23-3-2-4-26(25(23)9-8-24)27(31)19-22-12-15-30(16-13-22)14-11-21-5-10-28-29(20-21)34-18-17-33-28/h2-7,9-10,20,22,27,31H,11-19H2,1H3. The molecule has 2 heterocycles. The molecule has 2 aromatic carbocycles. The van der Waals surface area contributed by atoms with E-state index in [0.29, 0.717) is 24.9 Å². The lowest BCUT2D eigenvalue weighted by Gasteiger charge is -2.33. The molecule has 0 bridgehead atoms. The van der Waals surface area contributed by atoms with Crippen LogP contribution in [0.5, 0.6) is 11.5 Å². The van der Waals surface area contributed by atoms with Gasteiger partial charge in [-0.2, -0.15) is 0 Å². The molecule has 0 aromatic heterocycles. The summed E-state index contributed by atoms with van der Waals surface area (Å²) in [5.41, 5.74) is 7.58. The molecule has 1 aliphatic carbocycles. The summed E-state index contributed by atoms with van der Waals surface area (Å²) in [7, 11) is 1.65. The minimum atomic E-state index is -0.472. The molecular formula is C29H33NO4. The molecule has 178 valence electrons. The minimum Gasteiger partial charge on any atom is -0.489 e. The van der Waals surface area contributed by atoms with Crippen molar-refractivity contribution in [2.24, 2.45) is 5.92 Å². The monoisotopic (exact) mass is 459 g/mol. The lowest BCUT2D eigenvalue weighted by Crippen LogP contribution is -2.35. The van der Waals surface area contributed by atoms with E-state index in [0.717, 1.165) is 73.5 Å². The van der Waals surface area contributed by atoms with Crippen LogP contribution in [0.25, 0.3) is 12.2 Å². The van der Waals surface area contributed by atoms with Gasteiger partial charge in [-0.15, -0.1) is 0 Å². The van der Waals surface area contributed by atoms with Crippen LogP contribution < -0.4 is 9.47 Å². The van der Waals surface area contributed by atoms with Crippen molar-refractivity contribution in [2.45, 2.75) is 31.8 Å². The summed E-state index contributed by atoms with van der Waals surface area (Å²) >= 11 is 0. The molecule has 3 aliphatic rings. The van der Waals surface area contributed by atoms with Gasteiger partial charge in [-0.1, -0.05) is 30.0 Å². The third-order valence-electron chi connectivity index (χ3n) is 7.11. The number of methoxy groups -OCH3 is 1. The average molecular weight is 460 g/mol. The number of aliphatic hydroxyl groups excluding tert-OH is 1. The first-order valence-electron chi connectivity index (χ1n) is 12.3. The highest BCUT2D eigenvalue weighted by molar-refractivity contribution is 5.71. The molecule has 1 N–H and O–H groups in total. The zero-order valence-corrected chi connectivity index (χ0v) is 19.8. The van der Waals surface area contributed by atoms with Gasteiger partial charge in [0.15, 0.2) is 17.3 Å². The summed E-state index contributed by atoms with van der Waals surface area (Å²) in [5.74, 6) is 2.95. The Bertz CT molecular complexity index is 1110. The van der Waals surface area contributed by atoms with Crippen LogP contribution in [0, 0.1) is 5.92 Å². The van der Waals surface area contributed by atoms with Crippen molar-refractivity contribution >= 4 is 12.2 Å². The summed E-state index contributed by atoms with van der Waals surface area (Å²) in [6.07, 6.45) is 9.46. The molecule has 1 unspecified atom stereocenters. The first kappa shape index (κ1) is 22.8. The minimum absolute atomic E-state index is 0.472. The van der Waals surface area contributed by atoms with E-state index >= 15 is 0 Å². The fourth-order valence-electron chi connectivity index (χ4n) is 5.11. The van der Waals surface area contributed by atoms with Crippen LogP contribution in [0.4, 0.5) is 0 Å². The summed E-state index contributed by atoms with van der Waals surface area (Å²) in [6.45, 7) is 4.46. The van der Waals surface area contributed by atoms with Crippen molar-refractivity contribution in [3.05, 3.63) is 76.2 Å². The average Bonchev–Trinajstić information content (AvgIpc) is 3.10. The van der Waals surface area contributed by atoms with E-state index in [1.807, 2.05) is 36.4 Å². The van der Waals surface area contributed by atoms with Gasteiger partial charge >= 0.3 is 0 Å². The Kier molecular flexibility index (Phi) is 7.05. The normalized spacial score (nSPS) is 18.7. The third-order valence-corrected chi connectivity index (χ3v) is 7.11. The fourth-order valence-corrected chi connectivity index (χ4v) is 5.11. The highest BCUT2D eigenvalue weighted by Crippen LogP contribution is 2.33. The van der Waals surface area contributed by atoms with E-state index in [-0.39, 0.29) is 0 Å². The Morgan fingerprint density at radius 2 is 1.91 bits per heavy atom. The molecule has 5 rings (SSSR count). The summed E-state index contributed by atoms with van der Waals surface area (Å²) < 4.78 is 16.7. The van der Waals surface area contributed by atoms with E-state index in [4.69, 9.17) is 14.2 Å². The number of likely N-dealkylation sites (tertiary alicyclic amines) is 1. The van der Waals surface area contributed by atoms with Crippen LogP contribution in [0.2, 0.25) is 0 Å². The Labute approximate surface area is 202 Å². The smallest absolute Gasteiger partial charge is 0.161 e. The van der Waals surface area contributed by atoms with Gasteiger partial charge in [0.25, 0.3) is 0 Å². The topological polar surface area (TPSA) is 51.2 Å². The molecule has 34 heavy (non-hydrogen) atoms. The molecule has 5 nitrogen and oxygen atoms in total. The maximum atomic E-state index is 11.1. The molecule has 2 aromatic rings. The van der Waals surface area contributed by atoms with Crippen molar-refractivity contribution in [1.29, 1.82) is 0 Å². The number of aliphatic hydroxyl groups is 1. The number of ether oxygens (including phenoxy) is 3. The number of piperidine rings is 1. The van der Waals surface area contributed by atoms with E-state index in [1.54, 1.807) is 7.11 Å². The zero-order chi connectivity index (χ0) is 23.3. The molecule has 1 saturated heterocycles. The Morgan fingerprint density at radius 1 is 1.09 bits per heavy atom. The first-order chi connectivity index (χ1) is 16.7. The summed E-state index contributed by atoms with van der Waals surface area (Å²) in [5, 5.41) is 11.1. The van der Waals surface area contributed by atoms with Gasteiger partial charge < -0.3 is 24.2 Å². The van der Waals surface area contributed by atoms with E-state index in [2.05, 4.69) is 28.8 Å². The third kappa shape index (κ3) is 5.23. The quantitative estimate of drug-likeness (QED) is 0.590. The zero-order valence-electron chi connectivity index (χ0n) is 19.8. The molecule has 0 saturated carbocycles. The molecule has 5 heteroatoms. The van der Waals surface area contributed by atoms with Gasteiger partial charge in [0, 0.05) is 6.54 Å². The number of fused-ring (bicyclic) bond motifs is 2. The highest BCUT2D eigenvalue weighted by Gasteiger charge is 2.24. The van der Waals surface area contributed by atoms with Crippen LogP contribution in [0.1, 0.15) is 47.6 Å². The molecule has 1 atom stereocenters. The highest BCUT2D eigenvalue weighted by atomic mass is 16.6. The number of rotatable bonds is 7.